The normalized spacial score (nSPS) is 22.6. The maximum atomic E-state index is 6.13. The van der Waals surface area contributed by atoms with Gasteiger partial charge in [0.1, 0.15) is 0 Å². The summed E-state index contributed by atoms with van der Waals surface area (Å²) in [5.74, 6) is 1.01. The second-order valence-electron chi connectivity index (χ2n) is 6.23. The van der Waals surface area contributed by atoms with Gasteiger partial charge in [0.15, 0.2) is 0 Å². The maximum absolute atomic E-state index is 6.13. The zero-order chi connectivity index (χ0) is 14.5. The van der Waals surface area contributed by atoms with Crippen LogP contribution >= 0.6 is 0 Å². The highest BCUT2D eigenvalue weighted by Gasteiger charge is 2.30. The zero-order valence-electron chi connectivity index (χ0n) is 13.0. The molecule has 0 amide bonds. The van der Waals surface area contributed by atoms with Gasteiger partial charge < -0.3 is 9.47 Å². The molecule has 2 nitrogen and oxygen atoms in total. The Bertz CT molecular complexity index is 434. The van der Waals surface area contributed by atoms with Crippen molar-refractivity contribution < 1.29 is 9.47 Å². The van der Waals surface area contributed by atoms with Crippen LogP contribution in [0.2, 0.25) is 0 Å². The van der Waals surface area contributed by atoms with Gasteiger partial charge in [0.2, 0.25) is 0 Å². The highest BCUT2D eigenvalue weighted by atomic mass is 16.5. The molecule has 1 aliphatic rings. The van der Waals surface area contributed by atoms with Gasteiger partial charge in [-0.2, -0.15) is 0 Å². The van der Waals surface area contributed by atoms with Gasteiger partial charge in [-0.3, -0.25) is 0 Å². The minimum atomic E-state index is 0.207. The molecule has 1 heterocycles. The van der Waals surface area contributed by atoms with Gasteiger partial charge in [-0.05, 0) is 23.0 Å². The SMILES string of the molecule is CC(C)C1C=C(COCc2ccccc2)C(C(C)C)O1. The van der Waals surface area contributed by atoms with Crippen molar-refractivity contribution in [2.75, 3.05) is 6.61 Å². The van der Waals surface area contributed by atoms with E-state index in [0.29, 0.717) is 25.0 Å². The Morgan fingerprint density at radius 1 is 1.00 bits per heavy atom. The predicted molar refractivity (Wildman–Crippen MR) is 82.5 cm³/mol. The average molecular weight is 274 g/mol. The van der Waals surface area contributed by atoms with Crippen molar-refractivity contribution in [1.29, 1.82) is 0 Å². The highest BCUT2D eigenvalue weighted by Crippen LogP contribution is 2.29. The Kier molecular flexibility index (Phi) is 5.38. The Morgan fingerprint density at radius 3 is 2.30 bits per heavy atom. The van der Waals surface area contributed by atoms with Crippen LogP contribution in [0.5, 0.6) is 0 Å². The van der Waals surface area contributed by atoms with Crippen molar-refractivity contribution in [3.8, 4) is 0 Å². The molecule has 0 spiro atoms. The summed E-state index contributed by atoms with van der Waals surface area (Å²) in [4.78, 5) is 0. The van der Waals surface area contributed by atoms with E-state index in [0.717, 1.165) is 0 Å². The Labute approximate surface area is 122 Å². The summed E-state index contributed by atoms with van der Waals surface area (Å²) in [5.41, 5.74) is 2.52. The molecule has 1 aromatic rings. The van der Waals surface area contributed by atoms with Gasteiger partial charge in [-0.15, -0.1) is 0 Å². The van der Waals surface area contributed by atoms with Crippen LogP contribution in [-0.2, 0) is 16.1 Å². The van der Waals surface area contributed by atoms with Crippen molar-refractivity contribution >= 4 is 0 Å². The van der Waals surface area contributed by atoms with Crippen LogP contribution in [0.3, 0.4) is 0 Å². The van der Waals surface area contributed by atoms with Gasteiger partial charge in [0.05, 0.1) is 25.4 Å². The molecule has 0 radical (unpaired) electrons. The monoisotopic (exact) mass is 274 g/mol. The first kappa shape index (κ1) is 15.3. The van der Waals surface area contributed by atoms with Gasteiger partial charge in [0.25, 0.3) is 0 Å². The van der Waals surface area contributed by atoms with Gasteiger partial charge in [0, 0.05) is 0 Å². The van der Waals surface area contributed by atoms with Crippen molar-refractivity contribution in [1.82, 2.24) is 0 Å². The maximum Gasteiger partial charge on any atom is 0.0839 e. The van der Waals surface area contributed by atoms with E-state index >= 15 is 0 Å². The molecular formula is C18H26O2. The summed E-state index contributed by atoms with van der Waals surface area (Å²) in [6.45, 7) is 10.1. The predicted octanol–water partition coefficient (Wildman–Crippen LogP) is 4.21. The Morgan fingerprint density at radius 2 is 1.70 bits per heavy atom. The topological polar surface area (TPSA) is 18.5 Å². The first-order chi connectivity index (χ1) is 9.58. The molecule has 2 atom stereocenters. The third kappa shape index (κ3) is 3.94. The number of hydrogen-bond donors (Lipinski definition) is 0. The second kappa shape index (κ2) is 7.05. The minimum absolute atomic E-state index is 0.207. The third-order valence-corrected chi connectivity index (χ3v) is 3.69. The molecule has 20 heavy (non-hydrogen) atoms. The molecule has 0 aliphatic carbocycles. The molecule has 2 unspecified atom stereocenters. The molecule has 0 bridgehead atoms. The first-order valence-corrected chi connectivity index (χ1v) is 7.55. The molecule has 2 heteroatoms. The van der Waals surface area contributed by atoms with E-state index in [9.17, 15) is 0 Å². The largest absolute Gasteiger partial charge is 0.372 e. The molecule has 1 aromatic carbocycles. The highest BCUT2D eigenvalue weighted by molar-refractivity contribution is 5.19. The fourth-order valence-corrected chi connectivity index (χ4v) is 2.53. The van der Waals surface area contributed by atoms with E-state index < -0.39 is 0 Å². The lowest BCUT2D eigenvalue weighted by molar-refractivity contribution is 0.00213. The van der Waals surface area contributed by atoms with Crippen LogP contribution in [0.15, 0.2) is 42.0 Å². The van der Waals surface area contributed by atoms with E-state index in [4.69, 9.17) is 9.47 Å². The summed E-state index contributed by atoms with van der Waals surface area (Å²) < 4.78 is 12.0. The molecule has 0 saturated heterocycles. The Hall–Kier alpha value is -1.12. The molecule has 110 valence electrons. The lowest BCUT2D eigenvalue weighted by atomic mass is 10.00. The molecule has 2 rings (SSSR count). The third-order valence-electron chi connectivity index (χ3n) is 3.69. The van der Waals surface area contributed by atoms with E-state index in [-0.39, 0.29) is 12.2 Å². The van der Waals surface area contributed by atoms with E-state index in [1.54, 1.807) is 0 Å². The van der Waals surface area contributed by atoms with E-state index in [2.05, 4.69) is 45.9 Å². The summed E-state index contributed by atoms with van der Waals surface area (Å²) in [6.07, 6.45) is 2.70. The second-order valence-corrected chi connectivity index (χ2v) is 6.23. The summed E-state index contributed by atoms with van der Waals surface area (Å²) in [7, 11) is 0. The number of hydrogen-bond acceptors (Lipinski definition) is 2. The fraction of sp³-hybridized carbons (Fsp3) is 0.556. The minimum Gasteiger partial charge on any atom is -0.372 e. The zero-order valence-corrected chi connectivity index (χ0v) is 13.0. The standard InChI is InChI=1S/C18H26O2/c1-13(2)17-10-16(18(20-17)14(3)4)12-19-11-15-8-6-5-7-9-15/h5-10,13-14,17-18H,11-12H2,1-4H3. The van der Waals surface area contributed by atoms with E-state index in [1.165, 1.54) is 11.1 Å². The van der Waals surface area contributed by atoms with E-state index in [1.807, 2.05) is 18.2 Å². The molecule has 1 aliphatic heterocycles. The van der Waals surface area contributed by atoms with Gasteiger partial charge in [-0.1, -0.05) is 64.1 Å². The number of benzene rings is 1. The quantitative estimate of drug-likeness (QED) is 0.723. The van der Waals surface area contributed by atoms with Gasteiger partial charge >= 0.3 is 0 Å². The van der Waals surface area contributed by atoms with Crippen LogP contribution in [0.4, 0.5) is 0 Å². The van der Waals surface area contributed by atoms with Crippen molar-refractivity contribution in [2.45, 2.75) is 46.5 Å². The molecule has 0 saturated carbocycles. The molecule has 0 aromatic heterocycles. The smallest absolute Gasteiger partial charge is 0.0839 e. The van der Waals surface area contributed by atoms with Crippen LogP contribution in [0.25, 0.3) is 0 Å². The Balaban J connectivity index is 1.90. The van der Waals surface area contributed by atoms with Crippen LogP contribution in [0.1, 0.15) is 33.3 Å². The van der Waals surface area contributed by atoms with Crippen molar-refractivity contribution in [3.63, 3.8) is 0 Å². The summed E-state index contributed by atoms with van der Waals surface area (Å²) in [5, 5.41) is 0. The van der Waals surface area contributed by atoms with Crippen LogP contribution in [-0.4, -0.2) is 18.8 Å². The lowest BCUT2D eigenvalue weighted by Gasteiger charge is -2.21. The average Bonchev–Trinajstić information content (AvgIpc) is 2.84. The van der Waals surface area contributed by atoms with Crippen molar-refractivity contribution in [3.05, 3.63) is 47.5 Å². The van der Waals surface area contributed by atoms with Crippen molar-refractivity contribution in [2.24, 2.45) is 11.8 Å². The summed E-state index contributed by atoms with van der Waals surface area (Å²) in [6, 6.07) is 10.3. The number of rotatable bonds is 6. The molecule has 0 fully saturated rings. The molecular weight excluding hydrogens is 248 g/mol. The molecule has 0 N–H and O–H groups in total. The fourth-order valence-electron chi connectivity index (χ4n) is 2.53. The van der Waals surface area contributed by atoms with Gasteiger partial charge in [-0.25, -0.2) is 0 Å². The summed E-state index contributed by atoms with van der Waals surface area (Å²) >= 11 is 0. The number of ether oxygens (including phenoxy) is 2. The van der Waals surface area contributed by atoms with Crippen LogP contribution in [0, 0.1) is 11.8 Å². The first-order valence-electron chi connectivity index (χ1n) is 7.55. The lowest BCUT2D eigenvalue weighted by Crippen LogP contribution is -2.24. The van der Waals surface area contributed by atoms with Crippen LogP contribution < -0.4 is 0 Å².